The zero-order valence-electron chi connectivity index (χ0n) is 14.7. The van der Waals surface area contributed by atoms with Crippen LogP contribution in [-0.4, -0.2) is 37.0 Å². The number of esters is 1. The topological polar surface area (TPSA) is 84.5 Å². The van der Waals surface area contributed by atoms with Crippen LogP contribution in [0, 0.1) is 5.92 Å². The Labute approximate surface area is 151 Å². The zero-order valence-corrected chi connectivity index (χ0v) is 14.7. The Balaban J connectivity index is 1.42. The lowest BCUT2D eigenvalue weighted by Crippen LogP contribution is -2.38. The monoisotopic (exact) mass is 354 g/mol. The summed E-state index contributed by atoms with van der Waals surface area (Å²) in [5.41, 5.74) is 0.465. The third kappa shape index (κ3) is 4.81. The second-order valence-electron chi connectivity index (χ2n) is 6.60. The quantitative estimate of drug-likeness (QED) is 0.745. The number of ether oxygens (including phenoxy) is 1. The molecular formula is C20H22N2O4. The maximum absolute atomic E-state index is 12.2. The van der Waals surface area contributed by atoms with Crippen LogP contribution in [0.3, 0.4) is 0 Å². The lowest BCUT2D eigenvalue weighted by Gasteiger charge is -2.12. The smallest absolute Gasteiger partial charge is 0.325 e. The average Bonchev–Trinajstić information content (AvgIpc) is 3.49. The van der Waals surface area contributed by atoms with E-state index in [4.69, 9.17) is 4.74 Å². The molecular weight excluding hydrogens is 332 g/mol. The second kappa shape index (κ2) is 7.99. The van der Waals surface area contributed by atoms with Crippen molar-refractivity contribution in [3.05, 3.63) is 48.0 Å². The van der Waals surface area contributed by atoms with Crippen LogP contribution in [0.15, 0.2) is 42.5 Å². The summed E-state index contributed by atoms with van der Waals surface area (Å²) in [5, 5.41) is 7.30. The van der Waals surface area contributed by atoms with Crippen LogP contribution in [0.25, 0.3) is 10.8 Å². The number of carbonyl (C=O) groups is 3. The molecule has 0 saturated heterocycles. The number of amides is 2. The number of carbonyl (C=O) groups excluding carboxylic acids is 3. The highest BCUT2D eigenvalue weighted by molar-refractivity contribution is 5.99. The molecule has 0 bridgehead atoms. The first kappa shape index (κ1) is 17.9. The average molecular weight is 354 g/mol. The molecule has 2 aromatic carbocycles. The van der Waals surface area contributed by atoms with E-state index in [1.807, 2.05) is 37.3 Å². The minimum Gasteiger partial charge on any atom is -0.454 e. The van der Waals surface area contributed by atoms with Crippen molar-refractivity contribution < 1.29 is 19.1 Å². The zero-order chi connectivity index (χ0) is 18.5. The molecule has 2 N–H and O–H groups in total. The van der Waals surface area contributed by atoms with E-state index in [1.54, 1.807) is 12.1 Å². The van der Waals surface area contributed by atoms with E-state index < -0.39 is 5.97 Å². The van der Waals surface area contributed by atoms with Crippen LogP contribution in [-0.2, 0) is 14.3 Å². The van der Waals surface area contributed by atoms with Crippen LogP contribution < -0.4 is 10.6 Å². The molecule has 3 rings (SSSR count). The Morgan fingerprint density at radius 3 is 2.58 bits per heavy atom. The summed E-state index contributed by atoms with van der Waals surface area (Å²) in [4.78, 5) is 35.6. The van der Waals surface area contributed by atoms with Gasteiger partial charge in [-0.3, -0.25) is 14.4 Å². The Kier molecular flexibility index (Phi) is 5.51. The largest absolute Gasteiger partial charge is 0.454 e. The van der Waals surface area contributed by atoms with Gasteiger partial charge in [0.25, 0.3) is 11.8 Å². The highest BCUT2D eigenvalue weighted by Gasteiger charge is 2.28. The van der Waals surface area contributed by atoms with Crippen molar-refractivity contribution in [2.45, 2.75) is 25.8 Å². The van der Waals surface area contributed by atoms with Gasteiger partial charge in [-0.25, -0.2) is 0 Å². The van der Waals surface area contributed by atoms with Gasteiger partial charge in [-0.2, -0.15) is 0 Å². The lowest BCUT2D eigenvalue weighted by atomic mass is 10.1. The van der Waals surface area contributed by atoms with Crippen molar-refractivity contribution in [3.8, 4) is 0 Å². The Morgan fingerprint density at radius 1 is 1.12 bits per heavy atom. The molecule has 0 spiro atoms. The van der Waals surface area contributed by atoms with E-state index in [1.165, 1.54) is 0 Å². The van der Waals surface area contributed by atoms with E-state index in [2.05, 4.69) is 10.6 Å². The molecule has 1 aliphatic carbocycles. The third-order valence-electron chi connectivity index (χ3n) is 4.49. The van der Waals surface area contributed by atoms with Gasteiger partial charge >= 0.3 is 5.97 Å². The van der Waals surface area contributed by atoms with E-state index in [0.29, 0.717) is 11.5 Å². The first-order valence-corrected chi connectivity index (χ1v) is 8.75. The van der Waals surface area contributed by atoms with Crippen molar-refractivity contribution in [1.29, 1.82) is 0 Å². The number of hydrogen-bond donors (Lipinski definition) is 2. The summed E-state index contributed by atoms with van der Waals surface area (Å²) >= 11 is 0. The summed E-state index contributed by atoms with van der Waals surface area (Å²) in [6.45, 7) is 1.33. The fraction of sp³-hybridized carbons (Fsp3) is 0.350. The number of fused-ring (bicyclic) bond motifs is 1. The van der Waals surface area contributed by atoms with Gasteiger partial charge in [-0.1, -0.05) is 30.3 Å². The molecule has 1 fully saturated rings. The van der Waals surface area contributed by atoms with Gasteiger partial charge in [0.05, 0.1) is 0 Å². The van der Waals surface area contributed by atoms with Crippen molar-refractivity contribution in [3.63, 3.8) is 0 Å². The maximum atomic E-state index is 12.2. The van der Waals surface area contributed by atoms with Gasteiger partial charge in [0.15, 0.2) is 6.61 Å². The summed E-state index contributed by atoms with van der Waals surface area (Å²) in [5.74, 6) is -0.789. The van der Waals surface area contributed by atoms with Crippen molar-refractivity contribution in [2.24, 2.45) is 5.92 Å². The van der Waals surface area contributed by atoms with Gasteiger partial charge in [0.1, 0.15) is 6.54 Å². The van der Waals surface area contributed by atoms with E-state index >= 15 is 0 Å². The fourth-order valence-corrected chi connectivity index (χ4v) is 2.79. The van der Waals surface area contributed by atoms with Crippen molar-refractivity contribution in [2.75, 3.05) is 13.2 Å². The minimum absolute atomic E-state index is 0.105. The standard InChI is InChI=1S/C20H22N2O4/c1-13(14-6-7-14)22-18(23)12-26-19(24)11-21-20(25)17-9-8-15-4-2-3-5-16(15)10-17/h2-5,8-10,13-14H,6-7,11-12H2,1H3,(H,21,25)(H,22,23)/t13-/m0/s1. The van der Waals surface area contributed by atoms with Gasteiger partial charge in [0.2, 0.25) is 0 Å². The number of nitrogens with one attached hydrogen (secondary N) is 2. The van der Waals surface area contributed by atoms with Gasteiger partial charge in [-0.05, 0) is 48.6 Å². The van der Waals surface area contributed by atoms with E-state index in [0.717, 1.165) is 23.6 Å². The second-order valence-corrected chi connectivity index (χ2v) is 6.60. The highest BCUT2D eigenvalue weighted by atomic mass is 16.5. The molecule has 0 heterocycles. The normalized spacial score (nSPS) is 14.5. The number of benzene rings is 2. The molecule has 1 atom stereocenters. The third-order valence-corrected chi connectivity index (χ3v) is 4.49. The molecule has 26 heavy (non-hydrogen) atoms. The highest BCUT2D eigenvalue weighted by Crippen LogP contribution is 2.32. The molecule has 0 unspecified atom stereocenters. The van der Waals surface area contributed by atoms with Crippen LogP contribution in [0.5, 0.6) is 0 Å². The minimum atomic E-state index is -0.645. The van der Waals surface area contributed by atoms with Gasteiger partial charge in [0, 0.05) is 11.6 Å². The van der Waals surface area contributed by atoms with Crippen LogP contribution >= 0.6 is 0 Å². The molecule has 0 aromatic heterocycles. The summed E-state index contributed by atoms with van der Waals surface area (Å²) in [7, 11) is 0. The molecule has 6 nitrogen and oxygen atoms in total. The van der Waals surface area contributed by atoms with Crippen molar-refractivity contribution in [1.82, 2.24) is 10.6 Å². The van der Waals surface area contributed by atoms with Gasteiger partial charge < -0.3 is 15.4 Å². The van der Waals surface area contributed by atoms with Crippen LogP contribution in [0.4, 0.5) is 0 Å². The first-order valence-electron chi connectivity index (χ1n) is 8.75. The number of hydrogen-bond acceptors (Lipinski definition) is 4. The van der Waals surface area contributed by atoms with Gasteiger partial charge in [-0.15, -0.1) is 0 Å². The molecule has 2 amide bonds. The molecule has 1 saturated carbocycles. The molecule has 2 aromatic rings. The van der Waals surface area contributed by atoms with Crippen LogP contribution in [0.2, 0.25) is 0 Å². The predicted octanol–water partition coefficient (Wildman–Crippen LogP) is 2.03. The Hall–Kier alpha value is -2.89. The van der Waals surface area contributed by atoms with Crippen LogP contribution in [0.1, 0.15) is 30.1 Å². The molecule has 1 aliphatic rings. The number of rotatable bonds is 7. The molecule has 6 heteroatoms. The summed E-state index contributed by atoms with van der Waals surface area (Å²) < 4.78 is 4.90. The first-order chi connectivity index (χ1) is 12.5. The Bertz CT molecular complexity index is 829. The molecule has 136 valence electrons. The predicted molar refractivity (Wildman–Crippen MR) is 97.6 cm³/mol. The maximum Gasteiger partial charge on any atom is 0.325 e. The van der Waals surface area contributed by atoms with Crippen molar-refractivity contribution >= 4 is 28.6 Å². The summed E-state index contributed by atoms with van der Waals surface area (Å²) in [6.07, 6.45) is 2.25. The Morgan fingerprint density at radius 2 is 1.85 bits per heavy atom. The molecule has 0 aliphatic heterocycles. The molecule has 0 radical (unpaired) electrons. The van der Waals surface area contributed by atoms with E-state index in [9.17, 15) is 14.4 Å². The van der Waals surface area contributed by atoms with E-state index in [-0.39, 0.29) is 31.0 Å². The summed E-state index contributed by atoms with van der Waals surface area (Å²) in [6, 6.07) is 13.1. The fourth-order valence-electron chi connectivity index (χ4n) is 2.79. The lowest BCUT2D eigenvalue weighted by molar-refractivity contribution is -0.147. The SMILES string of the molecule is C[C@H](NC(=O)COC(=O)CNC(=O)c1ccc2ccccc2c1)C1CC1.